The zero-order valence-corrected chi connectivity index (χ0v) is 18.6. The van der Waals surface area contributed by atoms with Crippen LogP contribution in [-0.4, -0.2) is 33.2 Å². The monoisotopic (exact) mass is 409 g/mol. The van der Waals surface area contributed by atoms with Crippen molar-refractivity contribution >= 4 is 5.97 Å². The van der Waals surface area contributed by atoms with Gasteiger partial charge in [-0.2, -0.15) is 0 Å². The number of benzene rings is 2. The van der Waals surface area contributed by atoms with Crippen molar-refractivity contribution in [1.82, 2.24) is 4.90 Å². The van der Waals surface area contributed by atoms with Gasteiger partial charge >= 0.3 is 5.97 Å². The Morgan fingerprint density at radius 3 is 2.17 bits per heavy atom. The second kappa shape index (κ2) is 11.1. The molecule has 2 rings (SSSR count). The lowest BCUT2D eigenvalue weighted by Gasteiger charge is -2.39. The number of aliphatic hydroxyl groups is 1. The van der Waals surface area contributed by atoms with Gasteiger partial charge in [-0.05, 0) is 62.8 Å². The number of aryl methyl sites for hydroxylation is 1. The van der Waals surface area contributed by atoms with Crippen LogP contribution < -0.4 is 0 Å². The molecular formula is C26H35NO3. The highest BCUT2D eigenvalue weighted by Crippen LogP contribution is 2.31. The smallest absolute Gasteiger partial charge is 0.331 e. The number of hydrogen-bond donors (Lipinski definition) is 2. The Bertz CT molecular complexity index is 835. The van der Waals surface area contributed by atoms with Crippen molar-refractivity contribution < 1.29 is 15.0 Å². The first-order valence-corrected chi connectivity index (χ1v) is 10.7. The van der Waals surface area contributed by atoms with E-state index in [1.807, 2.05) is 24.3 Å². The molecule has 0 fully saturated rings. The molecule has 0 aliphatic heterocycles. The highest BCUT2D eigenvalue weighted by molar-refractivity contribution is 5.86. The molecule has 1 unspecified atom stereocenters. The topological polar surface area (TPSA) is 60.8 Å². The minimum atomic E-state index is -0.972. The fraction of sp³-hybridized carbons (Fsp3) is 0.423. The number of carbonyl (C=O) groups is 1. The Labute approximate surface area is 180 Å². The lowest BCUT2D eigenvalue weighted by Crippen LogP contribution is -2.40. The summed E-state index contributed by atoms with van der Waals surface area (Å²) >= 11 is 0. The first-order chi connectivity index (χ1) is 14.2. The third-order valence-corrected chi connectivity index (χ3v) is 5.58. The molecule has 0 aliphatic rings. The molecule has 0 saturated carbocycles. The Balaban J connectivity index is 2.35. The van der Waals surface area contributed by atoms with Gasteiger partial charge in [-0.1, -0.05) is 55.1 Å². The normalized spacial score (nSPS) is 12.5. The minimum Gasteiger partial charge on any atom is -0.478 e. The van der Waals surface area contributed by atoms with Crippen molar-refractivity contribution in [3.8, 4) is 0 Å². The van der Waals surface area contributed by atoms with Crippen molar-refractivity contribution in [2.24, 2.45) is 0 Å². The van der Waals surface area contributed by atoms with Crippen LogP contribution in [0.3, 0.4) is 0 Å². The van der Waals surface area contributed by atoms with Crippen LogP contribution in [0, 0.1) is 0 Å². The lowest BCUT2D eigenvalue weighted by atomic mass is 9.91. The number of rotatable bonds is 11. The van der Waals surface area contributed by atoms with Gasteiger partial charge in [0.1, 0.15) is 0 Å². The average molecular weight is 410 g/mol. The number of carboxylic acids is 1. The fourth-order valence-electron chi connectivity index (χ4n) is 4.26. The van der Waals surface area contributed by atoms with E-state index in [2.05, 4.69) is 63.4 Å². The van der Waals surface area contributed by atoms with E-state index in [4.69, 9.17) is 0 Å². The maximum atomic E-state index is 11.3. The maximum Gasteiger partial charge on any atom is 0.331 e. The second-order valence-electron chi connectivity index (χ2n) is 8.45. The van der Waals surface area contributed by atoms with Crippen LogP contribution >= 0.6 is 0 Å². The van der Waals surface area contributed by atoms with E-state index in [0.717, 1.165) is 29.5 Å². The molecule has 0 heterocycles. The van der Waals surface area contributed by atoms with Crippen molar-refractivity contribution in [1.29, 1.82) is 0 Å². The molecule has 30 heavy (non-hydrogen) atoms. The summed E-state index contributed by atoms with van der Waals surface area (Å²) in [6.07, 6.45) is 2.01. The maximum absolute atomic E-state index is 11.3. The third-order valence-electron chi connectivity index (χ3n) is 5.58. The van der Waals surface area contributed by atoms with Crippen molar-refractivity contribution in [2.45, 2.75) is 71.7 Å². The molecule has 4 nitrogen and oxygen atoms in total. The Morgan fingerprint density at radius 1 is 1.00 bits per heavy atom. The van der Waals surface area contributed by atoms with E-state index in [1.165, 1.54) is 5.56 Å². The van der Waals surface area contributed by atoms with Crippen LogP contribution in [0.15, 0.2) is 60.7 Å². The van der Waals surface area contributed by atoms with E-state index in [0.29, 0.717) is 18.5 Å². The van der Waals surface area contributed by atoms with Crippen molar-refractivity contribution in [3.05, 3.63) is 82.9 Å². The number of nitrogens with zero attached hydrogens (tertiary/aromatic N) is 1. The standard InChI is InChI=1S/C26H35NO3/c1-18(2)27(19(3)4)25(22-9-7-6-8-10-22)14-13-24-16-21(17-28)11-12-23(24)15-20(5)26(29)30/h6-12,16,18-19,25,28H,5,13-15,17H2,1-4H3,(H,29,30). The van der Waals surface area contributed by atoms with Gasteiger partial charge in [-0.25, -0.2) is 4.79 Å². The Kier molecular flexibility index (Phi) is 8.82. The van der Waals surface area contributed by atoms with E-state index < -0.39 is 5.97 Å². The Hall–Kier alpha value is -2.43. The zero-order valence-electron chi connectivity index (χ0n) is 18.6. The summed E-state index contributed by atoms with van der Waals surface area (Å²) in [4.78, 5) is 13.8. The molecule has 2 aromatic rings. The predicted molar refractivity (Wildman–Crippen MR) is 122 cm³/mol. The molecular weight excluding hydrogens is 374 g/mol. The number of aliphatic hydroxyl groups excluding tert-OH is 1. The molecule has 0 radical (unpaired) electrons. The second-order valence-corrected chi connectivity index (χ2v) is 8.45. The van der Waals surface area contributed by atoms with Gasteiger partial charge in [-0.15, -0.1) is 0 Å². The largest absolute Gasteiger partial charge is 0.478 e. The molecule has 2 N–H and O–H groups in total. The minimum absolute atomic E-state index is 0.0284. The molecule has 1 atom stereocenters. The fourth-order valence-corrected chi connectivity index (χ4v) is 4.26. The Morgan fingerprint density at radius 2 is 1.63 bits per heavy atom. The van der Waals surface area contributed by atoms with Crippen LogP contribution in [0.4, 0.5) is 0 Å². The summed E-state index contributed by atoms with van der Waals surface area (Å²) in [5.41, 5.74) is 4.35. The molecule has 0 spiro atoms. The molecule has 2 aromatic carbocycles. The molecule has 162 valence electrons. The van der Waals surface area contributed by atoms with Crippen LogP contribution in [0.5, 0.6) is 0 Å². The van der Waals surface area contributed by atoms with E-state index >= 15 is 0 Å². The van der Waals surface area contributed by atoms with Crippen molar-refractivity contribution in [3.63, 3.8) is 0 Å². The molecule has 0 amide bonds. The number of aliphatic carboxylic acids is 1. The SMILES string of the molecule is C=C(Cc1ccc(CO)cc1CCC(c1ccccc1)N(C(C)C)C(C)C)C(=O)O. The van der Waals surface area contributed by atoms with Crippen LogP contribution in [0.2, 0.25) is 0 Å². The predicted octanol–water partition coefficient (Wildman–Crippen LogP) is 5.15. The van der Waals surface area contributed by atoms with Gasteiger partial charge in [0.2, 0.25) is 0 Å². The van der Waals surface area contributed by atoms with E-state index in [-0.39, 0.29) is 18.2 Å². The van der Waals surface area contributed by atoms with Crippen LogP contribution in [0.1, 0.15) is 62.4 Å². The van der Waals surface area contributed by atoms with Gasteiger partial charge in [0.15, 0.2) is 0 Å². The van der Waals surface area contributed by atoms with Gasteiger partial charge in [-0.3, -0.25) is 4.90 Å². The molecule has 4 heteroatoms. The van der Waals surface area contributed by atoms with E-state index in [1.54, 1.807) is 0 Å². The summed E-state index contributed by atoms with van der Waals surface area (Å²) < 4.78 is 0. The summed E-state index contributed by atoms with van der Waals surface area (Å²) in [5, 5.41) is 18.8. The summed E-state index contributed by atoms with van der Waals surface area (Å²) in [6, 6.07) is 17.4. The molecule has 0 aromatic heterocycles. The van der Waals surface area contributed by atoms with Gasteiger partial charge in [0.25, 0.3) is 0 Å². The first kappa shape index (κ1) is 23.8. The quantitative estimate of drug-likeness (QED) is 0.504. The van der Waals surface area contributed by atoms with Gasteiger partial charge in [0.05, 0.1) is 6.61 Å². The first-order valence-electron chi connectivity index (χ1n) is 10.7. The summed E-state index contributed by atoms with van der Waals surface area (Å²) in [7, 11) is 0. The highest BCUT2D eigenvalue weighted by atomic mass is 16.4. The molecule has 0 saturated heterocycles. The molecule has 0 bridgehead atoms. The summed E-state index contributed by atoms with van der Waals surface area (Å²) in [6.45, 7) is 12.6. The van der Waals surface area contributed by atoms with Gasteiger partial charge < -0.3 is 10.2 Å². The van der Waals surface area contributed by atoms with E-state index in [9.17, 15) is 15.0 Å². The number of carboxylic acid groups (broad SMARTS) is 1. The molecule has 0 aliphatic carbocycles. The van der Waals surface area contributed by atoms with Crippen molar-refractivity contribution in [2.75, 3.05) is 0 Å². The third kappa shape index (κ3) is 6.28. The number of hydrogen-bond acceptors (Lipinski definition) is 3. The lowest BCUT2D eigenvalue weighted by molar-refractivity contribution is -0.132. The van der Waals surface area contributed by atoms with Gasteiger partial charge in [0, 0.05) is 30.1 Å². The van der Waals surface area contributed by atoms with Crippen LogP contribution in [0.25, 0.3) is 0 Å². The summed E-state index contributed by atoms with van der Waals surface area (Å²) in [5.74, 6) is -0.972. The average Bonchev–Trinajstić information content (AvgIpc) is 2.71. The highest BCUT2D eigenvalue weighted by Gasteiger charge is 2.25. The zero-order chi connectivity index (χ0) is 22.3. The van der Waals surface area contributed by atoms with Crippen LogP contribution in [-0.2, 0) is 24.2 Å².